The maximum Gasteiger partial charge on any atom is 0.224 e. The van der Waals surface area contributed by atoms with Crippen molar-refractivity contribution in [2.45, 2.75) is 51.4 Å². The number of carbonyl (C=O) groups excluding carboxylic acids is 2. The fourth-order valence-corrected chi connectivity index (χ4v) is 5.11. The summed E-state index contributed by atoms with van der Waals surface area (Å²) in [5, 5.41) is 9.15. The number of fused-ring (bicyclic) bond motifs is 3. The van der Waals surface area contributed by atoms with Gasteiger partial charge >= 0.3 is 0 Å². The molecule has 2 aliphatic rings. The summed E-state index contributed by atoms with van der Waals surface area (Å²) in [5.41, 5.74) is 8.63. The number of aryl methyl sites for hydroxylation is 1. The molecule has 0 spiro atoms. The van der Waals surface area contributed by atoms with Crippen molar-refractivity contribution in [3.8, 4) is 0 Å². The molecule has 11 heteroatoms. The van der Waals surface area contributed by atoms with E-state index in [1.807, 2.05) is 17.2 Å². The van der Waals surface area contributed by atoms with Gasteiger partial charge in [-0.2, -0.15) is 0 Å². The zero-order chi connectivity index (χ0) is 26.2. The Labute approximate surface area is 218 Å². The van der Waals surface area contributed by atoms with E-state index in [0.717, 1.165) is 51.2 Å². The van der Waals surface area contributed by atoms with E-state index < -0.39 is 0 Å². The number of nitrogens with two attached hydrogens (primary N) is 1. The van der Waals surface area contributed by atoms with Gasteiger partial charge in [0.1, 0.15) is 5.65 Å². The van der Waals surface area contributed by atoms with Crippen LogP contribution in [0.1, 0.15) is 36.9 Å². The summed E-state index contributed by atoms with van der Waals surface area (Å²) in [5.74, 6) is -0.143. The minimum atomic E-state index is -0.357. The van der Waals surface area contributed by atoms with Crippen LogP contribution in [0, 0.1) is 0 Å². The van der Waals surface area contributed by atoms with E-state index in [0.29, 0.717) is 45.4 Å². The number of pyridine rings is 1. The second-order valence-electron chi connectivity index (χ2n) is 9.88. The first-order chi connectivity index (χ1) is 17.9. The molecule has 204 valence electrons. The lowest BCUT2D eigenvalue weighted by Gasteiger charge is -2.34. The van der Waals surface area contributed by atoms with Crippen molar-refractivity contribution in [3.63, 3.8) is 0 Å². The Balaban J connectivity index is 1.17. The Kier molecular flexibility index (Phi) is 9.87. The summed E-state index contributed by atoms with van der Waals surface area (Å²) in [6, 6.07) is 4.53. The number of likely N-dealkylation sites (tertiary alicyclic amines) is 1. The highest BCUT2D eigenvalue weighted by Crippen LogP contribution is 2.30. The summed E-state index contributed by atoms with van der Waals surface area (Å²) < 4.78 is 13.1. The maximum absolute atomic E-state index is 13.1. The molecule has 1 saturated heterocycles. The van der Waals surface area contributed by atoms with Crippen LogP contribution >= 0.6 is 0 Å². The molecular formula is C26H41N7O4. The van der Waals surface area contributed by atoms with Gasteiger partial charge in [0.25, 0.3) is 0 Å². The molecule has 0 aromatic carbocycles. The van der Waals surface area contributed by atoms with E-state index >= 15 is 0 Å². The van der Waals surface area contributed by atoms with Gasteiger partial charge in [-0.15, -0.1) is 0 Å². The summed E-state index contributed by atoms with van der Waals surface area (Å²) in [7, 11) is 4.20. The van der Waals surface area contributed by atoms with Crippen molar-refractivity contribution >= 4 is 22.8 Å². The minimum Gasteiger partial charge on any atom is -0.379 e. The molecule has 4 rings (SSSR count). The third-order valence-electron chi connectivity index (χ3n) is 7.33. The van der Waals surface area contributed by atoms with Crippen molar-refractivity contribution in [3.05, 3.63) is 29.6 Å². The number of ether oxygens (including phenoxy) is 2. The zero-order valence-corrected chi connectivity index (χ0v) is 22.2. The number of nitrogens with one attached hydrogen (secondary N) is 1. The van der Waals surface area contributed by atoms with Gasteiger partial charge in [0.05, 0.1) is 33.0 Å². The van der Waals surface area contributed by atoms with Crippen molar-refractivity contribution in [2.75, 3.05) is 60.2 Å². The van der Waals surface area contributed by atoms with Crippen LogP contribution < -0.4 is 11.1 Å². The van der Waals surface area contributed by atoms with Crippen LogP contribution in [0.2, 0.25) is 0 Å². The van der Waals surface area contributed by atoms with E-state index in [9.17, 15) is 9.59 Å². The minimum absolute atomic E-state index is 0.214. The molecule has 37 heavy (non-hydrogen) atoms. The fourth-order valence-electron chi connectivity index (χ4n) is 5.11. The van der Waals surface area contributed by atoms with Gasteiger partial charge in [-0.1, -0.05) is 0 Å². The Morgan fingerprint density at radius 1 is 1.05 bits per heavy atom. The molecule has 0 unspecified atom stereocenters. The van der Waals surface area contributed by atoms with Crippen LogP contribution in [0.5, 0.6) is 0 Å². The molecule has 2 aliphatic heterocycles. The number of hydrazine groups is 1. The second kappa shape index (κ2) is 13.3. The molecular weight excluding hydrogens is 474 g/mol. The summed E-state index contributed by atoms with van der Waals surface area (Å²) in [6.45, 7) is 6.54. The zero-order valence-electron chi connectivity index (χ0n) is 22.2. The number of hydrogen-bond acceptors (Lipinski definition) is 8. The maximum atomic E-state index is 13.1. The molecule has 0 bridgehead atoms. The quantitative estimate of drug-likeness (QED) is 0.375. The summed E-state index contributed by atoms with van der Waals surface area (Å²) in [4.78, 5) is 30.4. The third kappa shape index (κ3) is 7.26. The van der Waals surface area contributed by atoms with Gasteiger partial charge < -0.3 is 30.0 Å². The Morgan fingerprint density at radius 3 is 2.54 bits per heavy atom. The van der Waals surface area contributed by atoms with E-state index in [2.05, 4.69) is 45.0 Å². The van der Waals surface area contributed by atoms with Crippen molar-refractivity contribution in [1.82, 2.24) is 29.8 Å². The number of primary amides is 1. The second-order valence-corrected chi connectivity index (χ2v) is 9.88. The monoisotopic (exact) mass is 515 g/mol. The lowest BCUT2D eigenvalue weighted by molar-refractivity contribution is -0.132. The third-order valence-corrected chi connectivity index (χ3v) is 7.33. The van der Waals surface area contributed by atoms with E-state index in [4.69, 9.17) is 15.2 Å². The van der Waals surface area contributed by atoms with Crippen LogP contribution in [0.15, 0.2) is 18.3 Å². The lowest BCUT2D eigenvalue weighted by atomic mass is 10.0. The summed E-state index contributed by atoms with van der Waals surface area (Å²) >= 11 is 0. The van der Waals surface area contributed by atoms with Crippen molar-refractivity contribution in [1.29, 1.82) is 0 Å². The SMILES string of the molecule is CN1Cc2c(n(CCC(=O)N3CCC(NCCOCCOCCC(N)=O)CC3)c3ncccc23)CN1C. The van der Waals surface area contributed by atoms with E-state index in [1.54, 1.807) is 0 Å². The molecule has 0 saturated carbocycles. The number of aromatic nitrogens is 2. The fraction of sp³-hybridized carbons (Fsp3) is 0.654. The molecule has 0 aliphatic carbocycles. The molecule has 0 atom stereocenters. The van der Waals surface area contributed by atoms with E-state index in [-0.39, 0.29) is 18.2 Å². The van der Waals surface area contributed by atoms with Crippen LogP contribution in [0.4, 0.5) is 0 Å². The standard InChI is InChI=1S/C26H41N7O4/c1-30-18-22-21-4-3-9-29-26(21)33(23(22)19-31(30)2)13-7-25(35)32-11-5-20(6-12-32)28-10-15-37-17-16-36-14-8-24(27)34/h3-4,9,20,28H,5-8,10-19H2,1-2H3,(H2,27,34). The number of nitrogens with zero attached hydrogens (tertiary/aromatic N) is 5. The number of piperidine rings is 1. The van der Waals surface area contributed by atoms with Gasteiger partial charge in [0, 0.05) is 83.0 Å². The summed E-state index contributed by atoms with van der Waals surface area (Å²) in [6.07, 6.45) is 4.45. The topological polar surface area (TPSA) is 118 Å². The molecule has 0 radical (unpaired) electrons. The number of hydrogen-bond donors (Lipinski definition) is 2. The number of rotatable bonds is 13. The Morgan fingerprint density at radius 2 is 1.78 bits per heavy atom. The van der Waals surface area contributed by atoms with Crippen molar-refractivity contribution < 1.29 is 19.1 Å². The van der Waals surface area contributed by atoms with Crippen LogP contribution in [0.3, 0.4) is 0 Å². The van der Waals surface area contributed by atoms with Crippen LogP contribution in [-0.2, 0) is 38.7 Å². The van der Waals surface area contributed by atoms with Gasteiger partial charge in [0.2, 0.25) is 11.8 Å². The molecule has 2 aromatic heterocycles. The van der Waals surface area contributed by atoms with Crippen LogP contribution in [-0.4, -0.2) is 102 Å². The smallest absolute Gasteiger partial charge is 0.224 e. The normalized spacial score (nSPS) is 17.4. The Bertz CT molecular complexity index is 1050. The Hall–Kier alpha value is -2.57. The molecule has 2 amide bonds. The highest BCUT2D eigenvalue weighted by atomic mass is 16.5. The average molecular weight is 516 g/mol. The lowest BCUT2D eigenvalue weighted by Crippen LogP contribution is -2.45. The first-order valence-corrected chi connectivity index (χ1v) is 13.3. The molecule has 1 fully saturated rings. The highest BCUT2D eigenvalue weighted by Gasteiger charge is 2.27. The molecule has 2 aromatic rings. The predicted molar refractivity (Wildman–Crippen MR) is 140 cm³/mol. The van der Waals surface area contributed by atoms with Gasteiger partial charge in [0.15, 0.2) is 0 Å². The molecule has 4 heterocycles. The first-order valence-electron chi connectivity index (χ1n) is 13.3. The molecule has 3 N–H and O–H groups in total. The molecule has 11 nitrogen and oxygen atoms in total. The number of amides is 2. The average Bonchev–Trinajstić information content (AvgIpc) is 3.19. The van der Waals surface area contributed by atoms with E-state index in [1.165, 1.54) is 16.6 Å². The first kappa shape index (κ1) is 27.5. The van der Waals surface area contributed by atoms with Crippen molar-refractivity contribution in [2.24, 2.45) is 5.73 Å². The van der Waals surface area contributed by atoms with Gasteiger partial charge in [-0.05, 0) is 30.5 Å². The largest absolute Gasteiger partial charge is 0.379 e. The predicted octanol–water partition coefficient (Wildman–Crippen LogP) is 0.708. The van der Waals surface area contributed by atoms with Gasteiger partial charge in [-0.25, -0.2) is 15.0 Å². The van der Waals surface area contributed by atoms with Gasteiger partial charge in [-0.3, -0.25) is 9.59 Å². The highest BCUT2D eigenvalue weighted by molar-refractivity contribution is 5.83. The van der Waals surface area contributed by atoms with Crippen LogP contribution in [0.25, 0.3) is 11.0 Å². The number of carbonyl (C=O) groups is 2.